The summed E-state index contributed by atoms with van der Waals surface area (Å²) in [5.74, 6) is -0.160. The van der Waals surface area contributed by atoms with E-state index in [1.807, 2.05) is 70.2 Å². The van der Waals surface area contributed by atoms with Crippen molar-refractivity contribution in [2.75, 3.05) is 10.6 Å². The van der Waals surface area contributed by atoms with Crippen molar-refractivity contribution < 1.29 is 9.59 Å². The van der Waals surface area contributed by atoms with Crippen LogP contribution >= 0.6 is 0 Å². The average Bonchev–Trinajstić information content (AvgIpc) is 2.68. The Kier molecular flexibility index (Phi) is 9.12. The Morgan fingerprint density at radius 1 is 0.719 bits per heavy atom. The summed E-state index contributed by atoms with van der Waals surface area (Å²) >= 11 is 0. The lowest BCUT2D eigenvalue weighted by Crippen LogP contribution is -2.31. The molecule has 2 rings (SSSR count). The second kappa shape index (κ2) is 11.6. The molecule has 4 N–H and O–H groups in total. The quantitative estimate of drug-likeness (QED) is 0.428. The maximum Gasteiger partial charge on any atom is 0.253 e. The number of anilines is 2. The number of amides is 2. The molecule has 6 nitrogen and oxygen atoms in total. The van der Waals surface area contributed by atoms with Gasteiger partial charge in [0.2, 0.25) is 0 Å². The summed E-state index contributed by atoms with van der Waals surface area (Å²) in [5, 5.41) is 12.9. The maximum absolute atomic E-state index is 12.6. The number of rotatable bonds is 10. The minimum Gasteiger partial charge on any atom is -0.383 e. The lowest BCUT2D eigenvalue weighted by molar-refractivity contribution is 0.0935. The second-order valence-corrected chi connectivity index (χ2v) is 9.22. The first kappa shape index (κ1) is 25.2. The Hall–Kier alpha value is -3.02. The zero-order chi connectivity index (χ0) is 23.8. The van der Waals surface area contributed by atoms with Gasteiger partial charge in [0.25, 0.3) is 11.8 Å². The van der Waals surface area contributed by atoms with E-state index in [1.165, 1.54) is 0 Å². The number of carbonyl (C=O) groups is 2. The number of benzene rings is 2. The Balaban J connectivity index is 2.21. The van der Waals surface area contributed by atoms with Crippen molar-refractivity contribution in [3.8, 4) is 0 Å². The molecule has 2 amide bonds. The molecule has 32 heavy (non-hydrogen) atoms. The summed E-state index contributed by atoms with van der Waals surface area (Å²) in [6.07, 6.45) is 0.737. The number of nitrogens with one attached hydrogen (secondary N) is 4. The van der Waals surface area contributed by atoms with Crippen LogP contribution in [0.15, 0.2) is 42.5 Å². The van der Waals surface area contributed by atoms with Crippen LogP contribution in [-0.2, 0) is 6.42 Å². The van der Waals surface area contributed by atoms with Gasteiger partial charge in [-0.25, -0.2) is 0 Å². The highest BCUT2D eigenvalue weighted by atomic mass is 16.2. The van der Waals surface area contributed by atoms with Gasteiger partial charge < -0.3 is 21.3 Å². The highest BCUT2D eigenvalue weighted by Gasteiger charge is 2.16. The number of para-hydroxylation sites is 1. The molecule has 1 unspecified atom stereocenters. The molecule has 0 radical (unpaired) electrons. The Bertz CT molecular complexity index is 922. The molecular weight excluding hydrogens is 400 g/mol. The molecule has 174 valence electrons. The third-order valence-electron chi connectivity index (χ3n) is 4.76. The smallest absolute Gasteiger partial charge is 0.253 e. The van der Waals surface area contributed by atoms with Gasteiger partial charge in [0.05, 0.1) is 5.56 Å². The van der Waals surface area contributed by atoms with Gasteiger partial charge in [0.1, 0.15) is 0 Å². The first-order chi connectivity index (χ1) is 15.1. The fourth-order valence-corrected chi connectivity index (χ4v) is 3.48. The molecule has 2 aromatic rings. The van der Waals surface area contributed by atoms with Crippen molar-refractivity contribution in [2.24, 2.45) is 0 Å². The molecule has 0 bridgehead atoms. The van der Waals surface area contributed by atoms with Crippen LogP contribution in [0.25, 0.3) is 0 Å². The van der Waals surface area contributed by atoms with Crippen LogP contribution in [0.4, 0.5) is 11.4 Å². The Morgan fingerprint density at radius 3 is 1.97 bits per heavy atom. The monoisotopic (exact) mass is 438 g/mol. The van der Waals surface area contributed by atoms with Gasteiger partial charge in [-0.2, -0.15) is 0 Å². The molecule has 0 saturated carbocycles. The first-order valence-corrected chi connectivity index (χ1v) is 11.4. The molecule has 0 aromatic heterocycles. The van der Waals surface area contributed by atoms with Gasteiger partial charge in [-0.05, 0) is 84.7 Å². The molecule has 0 aliphatic carbocycles. The van der Waals surface area contributed by atoms with Crippen LogP contribution in [0.2, 0.25) is 0 Å². The average molecular weight is 439 g/mol. The largest absolute Gasteiger partial charge is 0.383 e. The third kappa shape index (κ3) is 7.59. The number of hydrogen-bond donors (Lipinski definition) is 4. The normalized spacial score (nSPS) is 12.1. The van der Waals surface area contributed by atoms with E-state index in [1.54, 1.807) is 0 Å². The molecule has 0 heterocycles. The molecule has 0 spiro atoms. The summed E-state index contributed by atoms with van der Waals surface area (Å²) in [5.41, 5.74) is 4.15. The van der Waals surface area contributed by atoms with E-state index in [9.17, 15) is 9.59 Å². The van der Waals surface area contributed by atoms with E-state index in [4.69, 9.17) is 0 Å². The number of carbonyl (C=O) groups excluding carboxylic acids is 2. The fourth-order valence-electron chi connectivity index (χ4n) is 3.48. The van der Waals surface area contributed by atoms with Crippen LogP contribution in [0.3, 0.4) is 0 Å². The van der Waals surface area contributed by atoms with Crippen molar-refractivity contribution in [1.29, 1.82) is 0 Å². The van der Waals surface area contributed by atoms with Crippen molar-refractivity contribution in [3.63, 3.8) is 0 Å². The van der Waals surface area contributed by atoms with E-state index in [2.05, 4.69) is 42.0 Å². The fraction of sp³-hybridized carbons (Fsp3) is 0.462. The molecule has 0 aliphatic rings. The van der Waals surface area contributed by atoms with Crippen LogP contribution in [0.5, 0.6) is 0 Å². The minimum absolute atomic E-state index is 0.0732. The predicted octanol–water partition coefficient (Wildman–Crippen LogP) is 4.83. The van der Waals surface area contributed by atoms with Crippen molar-refractivity contribution in [1.82, 2.24) is 10.6 Å². The lowest BCUT2D eigenvalue weighted by Gasteiger charge is -2.22. The first-order valence-electron chi connectivity index (χ1n) is 11.4. The molecule has 6 heteroatoms. The van der Waals surface area contributed by atoms with Gasteiger partial charge in [0.15, 0.2) is 0 Å². The van der Waals surface area contributed by atoms with Crippen LogP contribution < -0.4 is 21.3 Å². The summed E-state index contributed by atoms with van der Waals surface area (Å²) in [6, 6.07) is 13.8. The second-order valence-electron chi connectivity index (χ2n) is 9.22. The van der Waals surface area contributed by atoms with E-state index in [0.29, 0.717) is 11.1 Å². The van der Waals surface area contributed by atoms with Gasteiger partial charge in [-0.3, -0.25) is 9.59 Å². The molecule has 0 aliphatic heterocycles. The number of hydrogen-bond acceptors (Lipinski definition) is 4. The summed E-state index contributed by atoms with van der Waals surface area (Å²) < 4.78 is 0. The van der Waals surface area contributed by atoms with Crippen LogP contribution in [0.1, 0.15) is 74.7 Å². The minimum atomic E-state index is -0.0852. The topological polar surface area (TPSA) is 82.3 Å². The van der Waals surface area contributed by atoms with Crippen molar-refractivity contribution in [2.45, 2.75) is 79.1 Å². The highest BCUT2D eigenvalue weighted by molar-refractivity contribution is 5.99. The summed E-state index contributed by atoms with van der Waals surface area (Å²) in [7, 11) is 0. The van der Waals surface area contributed by atoms with E-state index in [0.717, 1.165) is 23.4 Å². The highest BCUT2D eigenvalue weighted by Crippen LogP contribution is 2.23. The lowest BCUT2D eigenvalue weighted by atomic mass is 10.0. The standard InChI is InChI=1S/C26H38N4O2/c1-16(2)27-24-15-21(25(31)28-17(3)4)13-12-20(24)14-19(7)30-23-11-9-8-10-22(23)26(32)29-18(5)6/h8-13,15-19,27,30H,14H2,1-7H3,(H,28,31)(H,29,32). The summed E-state index contributed by atoms with van der Waals surface area (Å²) in [6.45, 7) is 14.1. The molecule has 1 atom stereocenters. The van der Waals surface area contributed by atoms with Gasteiger partial charge in [-0.15, -0.1) is 0 Å². The summed E-state index contributed by atoms with van der Waals surface area (Å²) in [4.78, 5) is 25.0. The van der Waals surface area contributed by atoms with E-state index < -0.39 is 0 Å². The zero-order valence-corrected chi connectivity index (χ0v) is 20.4. The predicted molar refractivity (Wildman–Crippen MR) is 134 cm³/mol. The Labute approximate surface area is 192 Å². The zero-order valence-electron chi connectivity index (χ0n) is 20.4. The van der Waals surface area contributed by atoms with Gasteiger partial charge in [0, 0.05) is 41.1 Å². The Morgan fingerprint density at radius 2 is 1.34 bits per heavy atom. The van der Waals surface area contributed by atoms with Gasteiger partial charge in [-0.1, -0.05) is 18.2 Å². The van der Waals surface area contributed by atoms with E-state index >= 15 is 0 Å². The maximum atomic E-state index is 12.6. The molecule has 0 saturated heterocycles. The molecule has 0 fully saturated rings. The van der Waals surface area contributed by atoms with Crippen molar-refractivity contribution >= 4 is 23.2 Å². The van der Waals surface area contributed by atoms with Crippen LogP contribution in [0, 0.1) is 0 Å². The van der Waals surface area contributed by atoms with Crippen molar-refractivity contribution in [3.05, 3.63) is 59.2 Å². The third-order valence-corrected chi connectivity index (χ3v) is 4.76. The van der Waals surface area contributed by atoms with Crippen LogP contribution in [-0.4, -0.2) is 36.0 Å². The SMILES string of the molecule is CC(C)NC(=O)c1ccc(CC(C)Nc2ccccc2C(=O)NC(C)C)c(NC(C)C)c1. The van der Waals surface area contributed by atoms with Gasteiger partial charge >= 0.3 is 0 Å². The molecule has 2 aromatic carbocycles. The van der Waals surface area contributed by atoms with E-state index in [-0.39, 0.29) is 36.0 Å². The molecular formula is C26H38N4O2.